The number of thiophene rings is 1. The van der Waals surface area contributed by atoms with Crippen LogP contribution in [0.3, 0.4) is 0 Å². The molecular weight excluding hydrogens is 399 g/mol. The van der Waals surface area contributed by atoms with Gasteiger partial charge in [-0.1, -0.05) is 6.07 Å². The summed E-state index contributed by atoms with van der Waals surface area (Å²) in [7, 11) is 3.93. The number of guanidine groups is 1. The lowest BCUT2D eigenvalue weighted by Crippen LogP contribution is -2.48. The van der Waals surface area contributed by atoms with Gasteiger partial charge in [0.25, 0.3) is 0 Å². The van der Waals surface area contributed by atoms with Crippen molar-refractivity contribution in [2.75, 3.05) is 46.9 Å². The molecule has 2 heterocycles. The number of hydrogen-bond acceptors (Lipinski definition) is 4. The Kier molecular flexibility index (Phi) is 9.21. The maximum absolute atomic E-state index is 5.72. The van der Waals surface area contributed by atoms with Crippen LogP contribution in [0.4, 0.5) is 0 Å². The predicted molar refractivity (Wildman–Crippen MR) is 100 cm³/mol. The summed E-state index contributed by atoms with van der Waals surface area (Å²) in [5.41, 5.74) is 0. The summed E-state index contributed by atoms with van der Waals surface area (Å²) in [6.07, 6.45) is 1.27. The molecule has 1 atom stereocenters. The Hall–Kier alpha value is -0.380. The van der Waals surface area contributed by atoms with E-state index >= 15 is 0 Å². The van der Waals surface area contributed by atoms with Crippen LogP contribution in [-0.4, -0.2) is 63.8 Å². The molecule has 0 amide bonds. The topological polar surface area (TPSA) is 48.9 Å². The standard InChI is InChI=1S/C14H24N4OS.HI/c1-15-14(16-6-5-13-4-3-9-20-13)17-10-12-11-18(2)7-8-19-12;/h3-4,9,12H,5-8,10-11H2,1-2H3,(H2,15,16,17);1H. The predicted octanol–water partition coefficient (Wildman–Crippen LogP) is 1.40. The van der Waals surface area contributed by atoms with E-state index in [0.29, 0.717) is 0 Å². The Labute approximate surface area is 148 Å². The molecule has 0 radical (unpaired) electrons. The third-order valence-electron chi connectivity index (χ3n) is 3.31. The summed E-state index contributed by atoms with van der Waals surface area (Å²) >= 11 is 1.79. The number of hydrogen-bond donors (Lipinski definition) is 2. The van der Waals surface area contributed by atoms with E-state index in [0.717, 1.165) is 45.2 Å². The highest BCUT2D eigenvalue weighted by Crippen LogP contribution is 2.08. The minimum absolute atomic E-state index is 0. The number of ether oxygens (including phenoxy) is 1. The van der Waals surface area contributed by atoms with Gasteiger partial charge in [0, 0.05) is 38.1 Å². The van der Waals surface area contributed by atoms with E-state index in [2.05, 4.69) is 45.1 Å². The molecule has 0 aromatic carbocycles. The second-order valence-corrected chi connectivity index (χ2v) is 6.00. The van der Waals surface area contributed by atoms with Crippen LogP contribution < -0.4 is 10.6 Å². The van der Waals surface area contributed by atoms with Crippen LogP contribution in [-0.2, 0) is 11.2 Å². The molecule has 0 spiro atoms. The maximum atomic E-state index is 5.72. The van der Waals surface area contributed by atoms with Crippen LogP contribution >= 0.6 is 35.3 Å². The lowest BCUT2D eigenvalue weighted by Gasteiger charge is -2.30. The third-order valence-corrected chi connectivity index (χ3v) is 4.24. The van der Waals surface area contributed by atoms with Gasteiger partial charge in [-0.2, -0.15) is 0 Å². The molecule has 1 saturated heterocycles. The van der Waals surface area contributed by atoms with Crippen LogP contribution in [0.5, 0.6) is 0 Å². The second-order valence-electron chi connectivity index (χ2n) is 4.96. The van der Waals surface area contributed by atoms with Crippen molar-refractivity contribution >= 4 is 41.3 Å². The highest BCUT2D eigenvalue weighted by atomic mass is 127. The monoisotopic (exact) mass is 424 g/mol. The largest absolute Gasteiger partial charge is 0.374 e. The van der Waals surface area contributed by atoms with Gasteiger partial charge >= 0.3 is 0 Å². The fourth-order valence-corrected chi connectivity index (χ4v) is 2.89. The highest BCUT2D eigenvalue weighted by molar-refractivity contribution is 14.0. The molecule has 2 N–H and O–H groups in total. The first-order chi connectivity index (χ1) is 9.78. The molecule has 0 saturated carbocycles. The van der Waals surface area contributed by atoms with Gasteiger partial charge in [0.1, 0.15) is 0 Å². The molecule has 1 fully saturated rings. The van der Waals surface area contributed by atoms with Gasteiger partial charge in [0.05, 0.1) is 12.7 Å². The van der Waals surface area contributed by atoms with E-state index in [1.54, 1.807) is 18.4 Å². The van der Waals surface area contributed by atoms with Gasteiger partial charge in [-0.25, -0.2) is 0 Å². The molecular formula is C14H25IN4OS. The molecule has 1 unspecified atom stereocenters. The molecule has 120 valence electrons. The van der Waals surface area contributed by atoms with Gasteiger partial charge in [0.2, 0.25) is 0 Å². The number of morpholine rings is 1. The van der Waals surface area contributed by atoms with Gasteiger partial charge in [-0.15, -0.1) is 35.3 Å². The Morgan fingerprint density at radius 1 is 1.52 bits per heavy atom. The first-order valence-corrected chi connectivity index (χ1v) is 7.93. The Bertz CT molecular complexity index is 413. The lowest BCUT2D eigenvalue weighted by molar-refractivity contribution is -0.0161. The molecule has 1 aromatic heterocycles. The maximum Gasteiger partial charge on any atom is 0.191 e. The van der Waals surface area contributed by atoms with Crippen LogP contribution in [0.1, 0.15) is 4.88 Å². The molecule has 5 nitrogen and oxygen atoms in total. The summed E-state index contributed by atoms with van der Waals surface area (Å²) in [5.74, 6) is 0.846. The molecule has 1 aliphatic heterocycles. The van der Waals surface area contributed by atoms with Crippen molar-refractivity contribution in [3.8, 4) is 0 Å². The zero-order chi connectivity index (χ0) is 14.2. The van der Waals surface area contributed by atoms with Crippen molar-refractivity contribution in [1.82, 2.24) is 15.5 Å². The highest BCUT2D eigenvalue weighted by Gasteiger charge is 2.17. The normalized spacial score (nSPS) is 19.9. The van der Waals surface area contributed by atoms with Crippen molar-refractivity contribution in [2.24, 2.45) is 4.99 Å². The summed E-state index contributed by atoms with van der Waals surface area (Å²) in [6.45, 7) is 4.49. The summed E-state index contributed by atoms with van der Waals surface area (Å²) in [6, 6.07) is 4.25. The average Bonchev–Trinajstić information content (AvgIpc) is 2.96. The third kappa shape index (κ3) is 6.94. The van der Waals surface area contributed by atoms with E-state index in [-0.39, 0.29) is 30.1 Å². The fraction of sp³-hybridized carbons (Fsp3) is 0.643. The summed E-state index contributed by atoms with van der Waals surface area (Å²) < 4.78 is 5.72. The Morgan fingerprint density at radius 2 is 2.38 bits per heavy atom. The molecule has 0 aliphatic carbocycles. The van der Waals surface area contributed by atoms with Crippen LogP contribution in [0, 0.1) is 0 Å². The summed E-state index contributed by atoms with van der Waals surface area (Å²) in [5, 5.41) is 8.78. The second kappa shape index (κ2) is 10.4. The molecule has 1 aromatic rings. The van der Waals surface area contributed by atoms with Crippen LogP contribution in [0.25, 0.3) is 0 Å². The molecule has 0 bridgehead atoms. The van der Waals surface area contributed by atoms with Gasteiger partial charge in [-0.3, -0.25) is 4.99 Å². The van der Waals surface area contributed by atoms with Crippen molar-refractivity contribution in [2.45, 2.75) is 12.5 Å². The van der Waals surface area contributed by atoms with Gasteiger partial charge in [-0.05, 0) is 24.9 Å². The van der Waals surface area contributed by atoms with E-state index in [4.69, 9.17) is 4.74 Å². The number of nitrogens with one attached hydrogen (secondary N) is 2. The van der Waals surface area contributed by atoms with E-state index < -0.39 is 0 Å². The first kappa shape index (κ1) is 18.7. The van der Waals surface area contributed by atoms with Gasteiger partial charge < -0.3 is 20.3 Å². The minimum Gasteiger partial charge on any atom is -0.374 e. The van der Waals surface area contributed by atoms with E-state index in [1.807, 2.05) is 0 Å². The molecule has 21 heavy (non-hydrogen) atoms. The number of rotatable bonds is 5. The molecule has 7 heteroatoms. The molecule has 1 aliphatic rings. The zero-order valence-corrected chi connectivity index (χ0v) is 15.8. The number of likely N-dealkylation sites (N-methyl/N-ethyl adjacent to an activating group) is 1. The van der Waals surface area contributed by atoms with Crippen molar-refractivity contribution < 1.29 is 4.74 Å². The van der Waals surface area contributed by atoms with E-state index in [1.165, 1.54) is 4.88 Å². The van der Waals surface area contributed by atoms with E-state index in [9.17, 15) is 0 Å². The van der Waals surface area contributed by atoms with Crippen molar-refractivity contribution in [3.05, 3.63) is 22.4 Å². The lowest BCUT2D eigenvalue weighted by atomic mass is 10.3. The number of halogens is 1. The SMILES string of the molecule is CN=C(NCCc1cccs1)NCC1CN(C)CCO1.I. The number of aliphatic imine (C=N–C) groups is 1. The molecule has 2 rings (SSSR count). The Morgan fingerprint density at radius 3 is 3.05 bits per heavy atom. The van der Waals surface area contributed by atoms with Crippen molar-refractivity contribution in [1.29, 1.82) is 0 Å². The first-order valence-electron chi connectivity index (χ1n) is 7.05. The quantitative estimate of drug-likeness (QED) is 0.427. The van der Waals surface area contributed by atoms with Gasteiger partial charge in [0.15, 0.2) is 5.96 Å². The van der Waals surface area contributed by atoms with Crippen molar-refractivity contribution in [3.63, 3.8) is 0 Å². The average molecular weight is 424 g/mol. The Balaban J connectivity index is 0.00000220. The number of nitrogens with zero attached hydrogens (tertiary/aromatic N) is 2. The fourth-order valence-electron chi connectivity index (χ4n) is 2.18. The summed E-state index contributed by atoms with van der Waals surface area (Å²) in [4.78, 5) is 7.93. The smallest absolute Gasteiger partial charge is 0.191 e. The zero-order valence-electron chi connectivity index (χ0n) is 12.7. The van der Waals surface area contributed by atoms with Crippen LogP contribution in [0.2, 0.25) is 0 Å². The van der Waals surface area contributed by atoms with Crippen LogP contribution in [0.15, 0.2) is 22.5 Å². The minimum atomic E-state index is 0.